The third-order valence-corrected chi connectivity index (χ3v) is 4.49. The summed E-state index contributed by atoms with van der Waals surface area (Å²) in [6, 6.07) is 14.6. The maximum Gasteiger partial charge on any atom is 0.0417 e. The van der Waals surface area contributed by atoms with Crippen molar-refractivity contribution in [2.45, 2.75) is 39.2 Å². The zero-order valence-electron chi connectivity index (χ0n) is 12.3. The number of unbranched alkanes of at least 4 members (excludes halogenated alkanes) is 2. The van der Waals surface area contributed by atoms with Gasteiger partial charge in [0.25, 0.3) is 0 Å². The van der Waals surface area contributed by atoms with Crippen LogP contribution >= 0.6 is 27.5 Å². The molecule has 0 aliphatic rings. The largest absolute Gasteiger partial charge is 0.381 e. The van der Waals surface area contributed by atoms with Gasteiger partial charge in [-0.1, -0.05) is 65.5 Å². The molecule has 112 valence electrons. The molecule has 1 nitrogen and oxygen atoms in total. The number of hydrogen-bond donors (Lipinski definition) is 1. The first-order valence-electron chi connectivity index (χ1n) is 7.46. The van der Waals surface area contributed by atoms with E-state index < -0.39 is 0 Å². The first kappa shape index (κ1) is 16.4. The molecule has 2 aromatic rings. The summed E-state index contributed by atoms with van der Waals surface area (Å²) in [5.74, 6) is 0. The Kier molecular flexibility index (Phi) is 6.59. The van der Waals surface area contributed by atoms with Crippen LogP contribution in [0.3, 0.4) is 0 Å². The molecule has 0 saturated heterocycles. The topological polar surface area (TPSA) is 12.0 Å². The molecule has 0 radical (unpaired) electrons. The molecule has 3 heteroatoms. The van der Waals surface area contributed by atoms with Crippen molar-refractivity contribution in [2.75, 3.05) is 5.32 Å². The van der Waals surface area contributed by atoms with Crippen LogP contribution in [-0.2, 0) is 13.0 Å². The minimum Gasteiger partial charge on any atom is -0.381 e. The van der Waals surface area contributed by atoms with Crippen LogP contribution < -0.4 is 5.32 Å². The highest BCUT2D eigenvalue weighted by atomic mass is 79.9. The summed E-state index contributed by atoms with van der Waals surface area (Å²) in [6.45, 7) is 3.02. The molecule has 0 aliphatic heterocycles. The maximum absolute atomic E-state index is 5.95. The Labute approximate surface area is 140 Å². The SMILES string of the molecule is CCCCCc1ccc(NCc2ccc(Cl)cc2Br)cc1. The Morgan fingerprint density at radius 1 is 1.05 bits per heavy atom. The van der Waals surface area contributed by atoms with Gasteiger partial charge >= 0.3 is 0 Å². The van der Waals surface area contributed by atoms with Gasteiger partial charge in [-0.15, -0.1) is 0 Å². The van der Waals surface area contributed by atoms with Gasteiger partial charge in [0.2, 0.25) is 0 Å². The summed E-state index contributed by atoms with van der Waals surface area (Å²) >= 11 is 9.50. The normalized spacial score (nSPS) is 10.6. The summed E-state index contributed by atoms with van der Waals surface area (Å²) in [5, 5.41) is 4.19. The van der Waals surface area contributed by atoms with Crippen LogP contribution in [0, 0.1) is 0 Å². The second-order valence-corrected chi connectivity index (χ2v) is 6.53. The number of nitrogens with one attached hydrogen (secondary N) is 1. The molecule has 0 aliphatic carbocycles. The van der Waals surface area contributed by atoms with Crippen molar-refractivity contribution in [3.63, 3.8) is 0 Å². The molecule has 0 unspecified atom stereocenters. The Balaban J connectivity index is 1.88. The van der Waals surface area contributed by atoms with Gasteiger partial charge in [0, 0.05) is 21.7 Å². The van der Waals surface area contributed by atoms with Gasteiger partial charge in [0.1, 0.15) is 0 Å². The van der Waals surface area contributed by atoms with Gasteiger partial charge < -0.3 is 5.32 Å². The standard InChI is InChI=1S/C18H21BrClN/c1-2-3-4-5-14-6-10-17(11-7-14)21-13-15-8-9-16(20)12-18(15)19/h6-12,21H,2-5,13H2,1H3. The zero-order chi connectivity index (χ0) is 15.1. The Morgan fingerprint density at radius 2 is 1.81 bits per heavy atom. The first-order valence-corrected chi connectivity index (χ1v) is 8.63. The van der Waals surface area contributed by atoms with Gasteiger partial charge in [-0.3, -0.25) is 0 Å². The Morgan fingerprint density at radius 3 is 2.48 bits per heavy atom. The quantitative estimate of drug-likeness (QED) is 0.555. The molecule has 2 rings (SSSR count). The van der Waals surface area contributed by atoms with Crippen molar-refractivity contribution >= 4 is 33.2 Å². The highest BCUT2D eigenvalue weighted by molar-refractivity contribution is 9.10. The lowest BCUT2D eigenvalue weighted by molar-refractivity contribution is 0.717. The summed E-state index contributed by atoms with van der Waals surface area (Å²) in [6.07, 6.45) is 5.04. The van der Waals surface area contributed by atoms with E-state index in [1.54, 1.807) is 0 Å². The number of anilines is 1. The number of benzene rings is 2. The van der Waals surface area contributed by atoms with Crippen molar-refractivity contribution in [3.05, 3.63) is 63.1 Å². The summed E-state index contributed by atoms with van der Waals surface area (Å²) in [7, 11) is 0. The van der Waals surface area contributed by atoms with Crippen LogP contribution in [0.15, 0.2) is 46.9 Å². The van der Waals surface area contributed by atoms with E-state index in [0.717, 1.165) is 21.7 Å². The molecule has 0 aromatic heterocycles. The average molecular weight is 367 g/mol. The summed E-state index contributed by atoms with van der Waals surface area (Å²) in [5.41, 5.74) is 3.77. The van der Waals surface area contributed by atoms with E-state index in [-0.39, 0.29) is 0 Å². The van der Waals surface area contributed by atoms with E-state index in [0.29, 0.717) is 0 Å². The van der Waals surface area contributed by atoms with Gasteiger partial charge in [0.15, 0.2) is 0 Å². The fourth-order valence-electron chi connectivity index (χ4n) is 2.23. The molecule has 0 heterocycles. The molecule has 21 heavy (non-hydrogen) atoms. The molecular weight excluding hydrogens is 346 g/mol. The third kappa shape index (κ3) is 5.37. The smallest absolute Gasteiger partial charge is 0.0417 e. The monoisotopic (exact) mass is 365 g/mol. The number of halogens is 2. The molecule has 0 bridgehead atoms. The van der Waals surface area contributed by atoms with Crippen LogP contribution in [0.4, 0.5) is 5.69 Å². The highest BCUT2D eigenvalue weighted by Crippen LogP contribution is 2.22. The second kappa shape index (κ2) is 8.45. The fraction of sp³-hybridized carbons (Fsp3) is 0.333. The zero-order valence-corrected chi connectivity index (χ0v) is 14.7. The van der Waals surface area contributed by atoms with Gasteiger partial charge in [-0.05, 0) is 48.2 Å². The predicted octanol–water partition coefficient (Wildman–Crippen LogP) is 6.45. The van der Waals surface area contributed by atoms with Crippen molar-refractivity contribution < 1.29 is 0 Å². The van der Waals surface area contributed by atoms with E-state index in [1.807, 2.05) is 18.2 Å². The maximum atomic E-state index is 5.95. The predicted molar refractivity (Wildman–Crippen MR) is 96.1 cm³/mol. The van der Waals surface area contributed by atoms with Gasteiger partial charge in [-0.2, -0.15) is 0 Å². The van der Waals surface area contributed by atoms with Crippen molar-refractivity contribution in [3.8, 4) is 0 Å². The number of hydrogen-bond acceptors (Lipinski definition) is 1. The molecule has 0 spiro atoms. The van der Waals surface area contributed by atoms with Gasteiger partial charge in [0.05, 0.1) is 0 Å². The molecule has 2 aromatic carbocycles. The van der Waals surface area contributed by atoms with Crippen molar-refractivity contribution in [1.29, 1.82) is 0 Å². The molecule has 0 fully saturated rings. The number of rotatable bonds is 7. The lowest BCUT2D eigenvalue weighted by Crippen LogP contribution is -2.00. The van der Waals surface area contributed by atoms with Crippen LogP contribution in [-0.4, -0.2) is 0 Å². The fourth-order valence-corrected chi connectivity index (χ4v) is 3.05. The van der Waals surface area contributed by atoms with E-state index in [4.69, 9.17) is 11.6 Å². The summed E-state index contributed by atoms with van der Waals surface area (Å²) in [4.78, 5) is 0. The minimum absolute atomic E-state index is 0.752. The van der Waals surface area contributed by atoms with E-state index in [1.165, 1.54) is 36.8 Å². The van der Waals surface area contributed by atoms with E-state index >= 15 is 0 Å². The van der Waals surface area contributed by atoms with Crippen LogP contribution in [0.5, 0.6) is 0 Å². The lowest BCUT2D eigenvalue weighted by Gasteiger charge is -2.09. The molecule has 0 saturated carbocycles. The molecule has 1 N–H and O–H groups in total. The average Bonchev–Trinajstić information content (AvgIpc) is 2.48. The molecule has 0 amide bonds. The second-order valence-electron chi connectivity index (χ2n) is 5.24. The first-order chi connectivity index (χ1) is 10.2. The van der Waals surface area contributed by atoms with Crippen LogP contribution in [0.25, 0.3) is 0 Å². The summed E-state index contributed by atoms with van der Waals surface area (Å²) < 4.78 is 1.04. The van der Waals surface area contributed by atoms with E-state index in [2.05, 4.69) is 52.4 Å². The minimum atomic E-state index is 0.752. The lowest BCUT2D eigenvalue weighted by atomic mass is 10.1. The molecular formula is C18H21BrClN. The molecule has 0 atom stereocenters. The van der Waals surface area contributed by atoms with Gasteiger partial charge in [-0.25, -0.2) is 0 Å². The van der Waals surface area contributed by atoms with Crippen LogP contribution in [0.1, 0.15) is 37.3 Å². The highest BCUT2D eigenvalue weighted by Gasteiger charge is 2.01. The third-order valence-electron chi connectivity index (χ3n) is 3.52. The van der Waals surface area contributed by atoms with Crippen molar-refractivity contribution in [2.24, 2.45) is 0 Å². The van der Waals surface area contributed by atoms with Crippen molar-refractivity contribution in [1.82, 2.24) is 0 Å². The van der Waals surface area contributed by atoms with E-state index in [9.17, 15) is 0 Å². The number of aryl methyl sites for hydroxylation is 1. The Bertz CT molecular complexity index is 566. The Hall–Kier alpha value is -0.990. The van der Waals surface area contributed by atoms with Crippen LogP contribution in [0.2, 0.25) is 5.02 Å².